The summed E-state index contributed by atoms with van der Waals surface area (Å²) in [5, 5.41) is 10.3. The van der Waals surface area contributed by atoms with Gasteiger partial charge in [-0.3, -0.25) is 9.59 Å². The van der Waals surface area contributed by atoms with Crippen LogP contribution in [0, 0.1) is 0 Å². The van der Waals surface area contributed by atoms with Gasteiger partial charge in [-0.25, -0.2) is 4.68 Å². The minimum absolute atomic E-state index is 0.0119. The summed E-state index contributed by atoms with van der Waals surface area (Å²) >= 11 is 0. The summed E-state index contributed by atoms with van der Waals surface area (Å²) in [6, 6.07) is -0.0119. The molecule has 0 aromatic carbocycles. The maximum atomic E-state index is 11.5. The molecule has 1 aliphatic rings. The average Bonchev–Trinajstić information content (AvgIpc) is 2.95. The Kier molecular flexibility index (Phi) is 3.59. The van der Waals surface area contributed by atoms with Gasteiger partial charge in [-0.05, 0) is 12.8 Å². The molecule has 1 aromatic heterocycles. The summed E-state index contributed by atoms with van der Waals surface area (Å²) < 4.78 is 1.56. The van der Waals surface area contributed by atoms with E-state index in [0.29, 0.717) is 0 Å². The highest BCUT2D eigenvalue weighted by atomic mass is 16.2. The number of rotatable bonds is 3. The maximum Gasteiger partial charge on any atom is 0.241 e. The second kappa shape index (κ2) is 5.16. The molecule has 2 amide bonds. The number of hydrogen-bond donors (Lipinski definition) is 1. The summed E-state index contributed by atoms with van der Waals surface area (Å²) in [4.78, 5) is 24.7. The van der Waals surface area contributed by atoms with Crippen LogP contribution < -0.4 is 5.32 Å². The van der Waals surface area contributed by atoms with Gasteiger partial charge in [0.05, 0.1) is 17.9 Å². The second-order valence-electron chi connectivity index (χ2n) is 4.36. The Morgan fingerprint density at radius 2 is 2.33 bits per heavy atom. The number of nitrogens with zero attached hydrogens (tertiary/aromatic N) is 4. The Morgan fingerprint density at radius 1 is 1.56 bits per heavy atom. The number of amides is 2. The average molecular weight is 251 g/mol. The lowest BCUT2D eigenvalue weighted by atomic mass is 10.1. The molecule has 0 saturated carbocycles. The molecule has 1 fully saturated rings. The largest absolute Gasteiger partial charge is 0.358 e. The fourth-order valence-electron chi connectivity index (χ4n) is 2.31. The highest BCUT2D eigenvalue weighted by Gasteiger charge is 2.30. The predicted molar refractivity (Wildman–Crippen MR) is 63.5 cm³/mol. The van der Waals surface area contributed by atoms with Crippen molar-refractivity contribution in [2.75, 3.05) is 13.6 Å². The lowest BCUT2D eigenvalue weighted by Crippen LogP contribution is -2.31. The first-order valence-electron chi connectivity index (χ1n) is 5.99. The molecule has 1 aromatic rings. The van der Waals surface area contributed by atoms with Gasteiger partial charge in [0.15, 0.2) is 0 Å². The summed E-state index contributed by atoms with van der Waals surface area (Å²) in [6.45, 7) is 2.45. The van der Waals surface area contributed by atoms with E-state index in [2.05, 4.69) is 15.6 Å². The smallest absolute Gasteiger partial charge is 0.241 e. The van der Waals surface area contributed by atoms with E-state index < -0.39 is 0 Å². The molecule has 2 heterocycles. The fraction of sp³-hybridized carbons (Fsp3) is 0.636. The molecule has 1 aliphatic heterocycles. The third-order valence-electron chi connectivity index (χ3n) is 3.22. The van der Waals surface area contributed by atoms with Crippen molar-refractivity contribution in [3.63, 3.8) is 0 Å². The third-order valence-corrected chi connectivity index (χ3v) is 3.22. The Balaban J connectivity index is 2.20. The number of likely N-dealkylation sites (N-methyl/N-ethyl adjacent to an activating group) is 1. The molecule has 7 heteroatoms. The zero-order valence-electron chi connectivity index (χ0n) is 10.6. The van der Waals surface area contributed by atoms with E-state index in [9.17, 15) is 9.59 Å². The van der Waals surface area contributed by atoms with Gasteiger partial charge in [0.25, 0.3) is 0 Å². The monoisotopic (exact) mass is 251 g/mol. The summed E-state index contributed by atoms with van der Waals surface area (Å²) in [5.74, 6) is -0.0840. The molecule has 0 spiro atoms. The molecule has 18 heavy (non-hydrogen) atoms. The molecule has 2 rings (SSSR count). The highest BCUT2D eigenvalue weighted by Crippen LogP contribution is 2.31. The van der Waals surface area contributed by atoms with Crippen LogP contribution in [0.3, 0.4) is 0 Å². The number of aromatic nitrogens is 3. The summed E-state index contributed by atoms with van der Waals surface area (Å²) in [6.07, 6.45) is 3.49. The van der Waals surface area contributed by atoms with Crippen molar-refractivity contribution in [1.29, 1.82) is 0 Å². The van der Waals surface area contributed by atoms with Gasteiger partial charge in [-0.15, -0.1) is 5.10 Å². The quantitative estimate of drug-likeness (QED) is 0.800. The number of likely N-dealkylation sites (tertiary alicyclic amines) is 1. The van der Waals surface area contributed by atoms with Crippen LogP contribution in [0.4, 0.5) is 0 Å². The van der Waals surface area contributed by atoms with Crippen LogP contribution in [0.25, 0.3) is 0 Å². The van der Waals surface area contributed by atoms with Crippen LogP contribution in [0.1, 0.15) is 31.5 Å². The fourth-order valence-corrected chi connectivity index (χ4v) is 2.31. The minimum atomic E-state index is -0.130. The molecule has 0 bridgehead atoms. The van der Waals surface area contributed by atoms with Crippen molar-refractivity contribution < 1.29 is 9.59 Å². The molecule has 7 nitrogen and oxygen atoms in total. The predicted octanol–water partition coefficient (Wildman–Crippen LogP) is -0.292. The molecule has 1 atom stereocenters. The molecular formula is C11H17N5O2. The standard InChI is InChI=1S/C11H17N5O2/c1-8(17)15-5-3-4-9(15)10-6-13-14-16(10)7-11(18)12-2/h6,9H,3-5,7H2,1-2H3,(H,12,18)/t9-/m0/s1. The Labute approximate surface area is 105 Å². The first kappa shape index (κ1) is 12.5. The van der Waals surface area contributed by atoms with E-state index in [1.54, 1.807) is 29.7 Å². The van der Waals surface area contributed by atoms with E-state index in [0.717, 1.165) is 25.1 Å². The van der Waals surface area contributed by atoms with Crippen LogP contribution in [-0.4, -0.2) is 45.3 Å². The molecule has 0 unspecified atom stereocenters. The second-order valence-corrected chi connectivity index (χ2v) is 4.36. The van der Waals surface area contributed by atoms with Crippen molar-refractivity contribution in [2.24, 2.45) is 0 Å². The Bertz CT molecular complexity index is 456. The van der Waals surface area contributed by atoms with Crippen molar-refractivity contribution in [1.82, 2.24) is 25.2 Å². The Morgan fingerprint density at radius 3 is 3.00 bits per heavy atom. The van der Waals surface area contributed by atoms with Gasteiger partial charge in [0.1, 0.15) is 6.54 Å². The van der Waals surface area contributed by atoms with E-state index in [1.807, 2.05) is 0 Å². The van der Waals surface area contributed by atoms with Crippen molar-refractivity contribution in [3.05, 3.63) is 11.9 Å². The zero-order chi connectivity index (χ0) is 13.1. The molecule has 98 valence electrons. The SMILES string of the molecule is CNC(=O)Cn1nncc1[C@@H]1CCCN1C(C)=O. The molecule has 0 radical (unpaired) electrons. The summed E-state index contributed by atoms with van der Waals surface area (Å²) in [7, 11) is 1.58. The normalized spacial score (nSPS) is 19.0. The minimum Gasteiger partial charge on any atom is -0.358 e. The topological polar surface area (TPSA) is 80.1 Å². The highest BCUT2D eigenvalue weighted by molar-refractivity contribution is 5.75. The van der Waals surface area contributed by atoms with Crippen LogP contribution in [0.5, 0.6) is 0 Å². The summed E-state index contributed by atoms with van der Waals surface area (Å²) in [5.41, 5.74) is 0.825. The van der Waals surface area contributed by atoms with E-state index >= 15 is 0 Å². The first-order chi connectivity index (χ1) is 8.63. The van der Waals surface area contributed by atoms with Gasteiger partial charge >= 0.3 is 0 Å². The van der Waals surface area contributed by atoms with E-state index in [-0.39, 0.29) is 24.4 Å². The number of carbonyl (C=O) groups excluding carboxylic acids is 2. The third kappa shape index (κ3) is 2.34. The van der Waals surface area contributed by atoms with Gasteiger partial charge in [-0.1, -0.05) is 5.21 Å². The molecule has 1 saturated heterocycles. The number of hydrogen-bond acceptors (Lipinski definition) is 4. The maximum absolute atomic E-state index is 11.5. The van der Waals surface area contributed by atoms with Crippen LogP contribution in [-0.2, 0) is 16.1 Å². The molecule has 0 aliphatic carbocycles. The van der Waals surface area contributed by atoms with Gasteiger partial charge in [0.2, 0.25) is 11.8 Å². The van der Waals surface area contributed by atoms with Gasteiger partial charge in [-0.2, -0.15) is 0 Å². The zero-order valence-corrected chi connectivity index (χ0v) is 10.6. The van der Waals surface area contributed by atoms with Crippen molar-refractivity contribution >= 4 is 11.8 Å². The van der Waals surface area contributed by atoms with Gasteiger partial charge in [0, 0.05) is 20.5 Å². The molecular weight excluding hydrogens is 234 g/mol. The van der Waals surface area contributed by atoms with Crippen molar-refractivity contribution in [2.45, 2.75) is 32.4 Å². The number of carbonyl (C=O) groups is 2. The van der Waals surface area contributed by atoms with Crippen LogP contribution in [0.15, 0.2) is 6.20 Å². The van der Waals surface area contributed by atoms with Gasteiger partial charge < -0.3 is 10.2 Å². The number of nitrogens with one attached hydrogen (secondary N) is 1. The Hall–Kier alpha value is -1.92. The first-order valence-corrected chi connectivity index (χ1v) is 5.99. The lowest BCUT2D eigenvalue weighted by Gasteiger charge is -2.23. The lowest BCUT2D eigenvalue weighted by molar-refractivity contribution is -0.129. The molecule has 1 N–H and O–H groups in total. The van der Waals surface area contributed by atoms with Crippen LogP contribution >= 0.6 is 0 Å². The van der Waals surface area contributed by atoms with E-state index in [4.69, 9.17) is 0 Å². The van der Waals surface area contributed by atoms with Crippen molar-refractivity contribution in [3.8, 4) is 0 Å². The van der Waals surface area contributed by atoms with Crippen LogP contribution in [0.2, 0.25) is 0 Å². The van der Waals surface area contributed by atoms with E-state index in [1.165, 1.54) is 0 Å².